The van der Waals surface area contributed by atoms with Crippen molar-refractivity contribution in [3.63, 3.8) is 0 Å². The number of benzene rings is 2. The van der Waals surface area contributed by atoms with E-state index in [1.807, 2.05) is 0 Å². The molecule has 2 aromatic carbocycles. The van der Waals surface area contributed by atoms with Crippen LogP contribution in [0.15, 0.2) is 48.5 Å². The van der Waals surface area contributed by atoms with Gasteiger partial charge in [0.1, 0.15) is 5.75 Å². The number of carbonyl (C=O) groups is 2. The van der Waals surface area contributed by atoms with Gasteiger partial charge < -0.3 is 19.7 Å². The lowest BCUT2D eigenvalue weighted by atomic mass is 10.1. The van der Waals surface area contributed by atoms with Crippen molar-refractivity contribution in [1.29, 1.82) is 0 Å². The summed E-state index contributed by atoms with van der Waals surface area (Å²) < 4.78 is 11.0. The minimum Gasteiger partial charge on any atom is -0.494 e. The Morgan fingerprint density at radius 2 is 1.79 bits per heavy atom. The molecule has 0 aromatic heterocycles. The van der Waals surface area contributed by atoms with E-state index in [1.54, 1.807) is 53.4 Å². The normalized spacial score (nSPS) is 13.8. The van der Waals surface area contributed by atoms with Crippen LogP contribution in [0.2, 0.25) is 0 Å². The molecule has 0 saturated carbocycles. The Morgan fingerprint density at radius 1 is 1.03 bits per heavy atom. The van der Waals surface area contributed by atoms with Gasteiger partial charge in [0.15, 0.2) is 0 Å². The molecule has 0 aliphatic carbocycles. The first-order valence-electron chi connectivity index (χ1n) is 10.2. The average molecular weight is 396 g/mol. The van der Waals surface area contributed by atoms with Crippen molar-refractivity contribution < 1.29 is 19.1 Å². The fraction of sp³-hybridized carbons (Fsp3) is 0.391. The molecule has 1 fully saturated rings. The monoisotopic (exact) mass is 396 g/mol. The van der Waals surface area contributed by atoms with E-state index >= 15 is 0 Å². The maximum absolute atomic E-state index is 12.6. The Labute approximate surface area is 171 Å². The molecule has 3 rings (SSSR count). The molecule has 6 nitrogen and oxygen atoms in total. The summed E-state index contributed by atoms with van der Waals surface area (Å²) in [6.45, 7) is 5.12. The number of nitrogens with one attached hydrogen (secondary N) is 1. The molecule has 2 aromatic rings. The van der Waals surface area contributed by atoms with Crippen LogP contribution in [0.5, 0.6) is 5.75 Å². The first-order chi connectivity index (χ1) is 14.2. The molecule has 6 heteroatoms. The van der Waals surface area contributed by atoms with E-state index in [9.17, 15) is 9.59 Å². The molecular weight excluding hydrogens is 368 g/mol. The number of morpholine rings is 1. The second-order valence-electron chi connectivity index (χ2n) is 7.02. The molecule has 0 atom stereocenters. The second kappa shape index (κ2) is 10.6. The minimum absolute atomic E-state index is 0.0472. The van der Waals surface area contributed by atoms with Crippen molar-refractivity contribution in [2.24, 2.45) is 0 Å². The highest BCUT2D eigenvalue weighted by molar-refractivity contribution is 6.05. The van der Waals surface area contributed by atoms with Gasteiger partial charge in [-0.15, -0.1) is 0 Å². The molecule has 1 aliphatic rings. The molecule has 1 aliphatic heterocycles. The van der Waals surface area contributed by atoms with E-state index in [2.05, 4.69) is 12.2 Å². The van der Waals surface area contributed by atoms with E-state index in [-0.39, 0.29) is 11.8 Å². The summed E-state index contributed by atoms with van der Waals surface area (Å²) in [5, 5.41) is 2.86. The predicted octanol–water partition coefficient (Wildman–Crippen LogP) is 3.98. The summed E-state index contributed by atoms with van der Waals surface area (Å²) >= 11 is 0. The van der Waals surface area contributed by atoms with Gasteiger partial charge in [0.25, 0.3) is 11.8 Å². The molecule has 0 spiro atoms. The van der Waals surface area contributed by atoms with Crippen LogP contribution in [-0.2, 0) is 4.74 Å². The Balaban J connectivity index is 1.58. The Hall–Kier alpha value is -2.86. The predicted molar refractivity (Wildman–Crippen MR) is 113 cm³/mol. The maximum atomic E-state index is 12.6. The largest absolute Gasteiger partial charge is 0.494 e. The number of unbranched alkanes of at least 4 members (excludes halogenated alkanes) is 2. The minimum atomic E-state index is -0.224. The molecule has 2 amide bonds. The Bertz CT molecular complexity index is 814. The van der Waals surface area contributed by atoms with Crippen LogP contribution in [0.4, 0.5) is 5.69 Å². The molecule has 29 heavy (non-hydrogen) atoms. The SMILES string of the molecule is CCCCCOc1ccc(C(=O)Nc2cccc(C(=O)N3CCOCC3)c2)cc1. The summed E-state index contributed by atoms with van der Waals surface area (Å²) in [4.78, 5) is 26.9. The fourth-order valence-corrected chi connectivity index (χ4v) is 3.13. The summed E-state index contributed by atoms with van der Waals surface area (Å²) in [7, 11) is 0. The van der Waals surface area contributed by atoms with E-state index in [4.69, 9.17) is 9.47 Å². The summed E-state index contributed by atoms with van der Waals surface area (Å²) in [6.07, 6.45) is 3.33. The summed E-state index contributed by atoms with van der Waals surface area (Å²) in [5.74, 6) is 0.489. The van der Waals surface area contributed by atoms with E-state index in [0.717, 1.165) is 25.0 Å². The van der Waals surface area contributed by atoms with Crippen LogP contribution in [0, 0.1) is 0 Å². The topological polar surface area (TPSA) is 67.9 Å². The molecule has 0 bridgehead atoms. The van der Waals surface area contributed by atoms with E-state index < -0.39 is 0 Å². The average Bonchev–Trinajstić information content (AvgIpc) is 2.77. The quantitative estimate of drug-likeness (QED) is 0.686. The first kappa shape index (κ1) is 20.9. The molecular formula is C23H28N2O4. The molecule has 0 radical (unpaired) electrons. The van der Waals surface area contributed by atoms with Crippen molar-refractivity contribution in [2.75, 3.05) is 38.2 Å². The number of rotatable bonds is 8. The van der Waals surface area contributed by atoms with Crippen LogP contribution in [0.25, 0.3) is 0 Å². The van der Waals surface area contributed by atoms with Gasteiger partial charge in [0, 0.05) is 29.9 Å². The van der Waals surface area contributed by atoms with Gasteiger partial charge in [-0.1, -0.05) is 25.8 Å². The lowest BCUT2D eigenvalue weighted by Gasteiger charge is -2.27. The lowest BCUT2D eigenvalue weighted by molar-refractivity contribution is 0.0303. The van der Waals surface area contributed by atoms with Crippen molar-refractivity contribution >= 4 is 17.5 Å². The van der Waals surface area contributed by atoms with Crippen LogP contribution in [0.1, 0.15) is 46.9 Å². The number of hydrogen-bond acceptors (Lipinski definition) is 4. The van der Waals surface area contributed by atoms with Crippen molar-refractivity contribution in [3.05, 3.63) is 59.7 Å². The van der Waals surface area contributed by atoms with Crippen molar-refractivity contribution in [2.45, 2.75) is 26.2 Å². The third kappa shape index (κ3) is 6.06. The van der Waals surface area contributed by atoms with Crippen LogP contribution < -0.4 is 10.1 Å². The van der Waals surface area contributed by atoms with E-state index in [0.29, 0.717) is 49.7 Å². The molecule has 1 N–H and O–H groups in total. The Morgan fingerprint density at radius 3 is 2.52 bits per heavy atom. The molecule has 154 valence electrons. The number of ether oxygens (including phenoxy) is 2. The van der Waals surface area contributed by atoms with Gasteiger partial charge in [-0.05, 0) is 48.9 Å². The third-order valence-electron chi connectivity index (χ3n) is 4.80. The van der Waals surface area contributed by atoms with Gasteiger partial charge in [-0.2, -0.15) is 0 Å². The zero-order valence-electron chi connectivity index (χ0n) is 16.9. The Kier molecular flexibility index (Phi) is 7.64. The van der Waals surface area contributed by atoms with Gasteiger partial charge in [0.05, 0.1) is 19.8 Å². The van der Waals surface area contributed by atoms with Gasteiger partial charge in [-0.3, -0.25) is 9.59 Å². The summed E-state index contributed by atoms with van der Waals surface area (Å²) in [6, 6.07) is 14.1. The molecule has 0 unspecified atom stereocenters. The highest BCUT2D eigenvalue weighted by atomic mass is 16.5. The lowest BCUT2D eigenvalue weighted by Crippen LogP contribution is -2.40. The maximum Gasteiger partial charge on any atom is 0.255 e. The standard InChI is InChI=1S/C23H28N2O4/c1-2-3-4-14-29-21-10-8-18(9-11-21)22(26)24-20-7-5-6-19(17-20)23(27)25-12-15-28-16-13-25/h5-11,17H,2-4,12-16H2,1H3,(H,24,26). The van der Waals surface area contributed by atoms with Gasteiger partial charge >= 0.3 is 0 Å². The van der Waals surface area contributed by atoms with Crippen LogP contribution >= 0.6 is 0 Å². The number of hydrogen-bond donors (Lipinski definition) is 1. The van der Waals surface area contributed by atoms with Gasteiger partial charge in [0.2, 0.25) is 0 Å². The van der Waals surface area contributed by atoms with Crippen molar-refractivity contribution in [1.82, 2.24) is 4.90 Å². The number of carbonyl (C=O) groups excluding carboxylic acids is 2. The highest BCUT2D eigenvalue weighted by Crippen LogP contribution is 2.17. The van der Waals surface area contributed by atoms with Crippen LogP contribution in [0.3, 0.4) is 0 Å². The third-order valence-corrected chi connectivity index (χ3v) is 4.80. The van der Waals surface area contributed by atoms with Crippen molar-refractivity contribution in [3.8, 4) is 5.75 Å². The number of anilines is 1. The first-order valence-corrected chi connectivity index (χ1v) is 10.2. The molecule has 1 heterocycles. The van der Waals surface area contributed by atoms with Gasteiger partial charge in [-0.25, -0.2) is 0 Å². The summed E-state index contributed by atoms with van der Waals surface area (Å²) in [5.41, 5.74) is 1.69. The number of nitrogens with zero attached hydrogens (tertiary/aromatic N) is 1. The van der Waals surface area contributed by atoms with E-state index in [1.165, 1.54) is 0 Å². The fourth-order valence-electron chi connectivity index (χ4n) is 3.13. The second-order valence-corrected chi connectivity index (χ2v) is 7.02. The number of amides is 2. The van der Waals surface area contributed by atoms with Crippen LogP contribution in [-0.4, -0.2) is 49.6 Å². The smallest absolute Gasteiger partial charge is 0.255 e. The zero-order chi connectivity index (χ0) is 20.5. The molecule has 1 saturated heterocycles. The zero-order valence-corrected chi connectivity index (χ0v) is 16.9. The highest BCUT2D eigenvalue weighted by Gasteiger charge is 2.19.